The molecule has 1 unspecified atom stereocenters. The van der Waals surface area contributed by atoms with E-state index in [1.165, 1.54) is 12.1 Å². The van der Waals surface area contributed by atoms with E-state index < -0.39 is 0 Å². The molecule has 8 heteroatoms. The van der Waals surface area contributed by atoms with Crippen LogP contribution in [0.1, 0.15) is 19.8 Å². The monoisotopic (exact) mass is 393 g/mol. The van der Waals surface area contributed by atoms with Crippen LogP contribution in [0.5, 0.6) is 0 Å². The van der Waals surface area contributed by atoms with Gasteiger partial charge in [0.25, 0.3) is 5.91 Å². The summed E-state index contributed by atoms with van der Waals surface area (Å²) < 4.78 is 5.07. The second kappa shape index (κ2) is 8.90. The van der Waals surface area contributed by atoms with Crippen LogP contribution in [0.3, 0.4) is 0 Å². The van der Waals surface area contributed by atoms with Crippen LogP contribution < -0.4 is 10.2 Å². The van der Waals surface area contributed by atoms with E-state index in [4.69, 9.17) is 39.5 Å². The highest BCUT2D eigenvalue weighted by Crippen LogP contribution is 2.32. The Morgan fingerprint density at radius 2 is 1.96 bits per heavy atom. The molecule has 1 aromatic carbocycles. The van der Waals surface area contributed by atoms with Crippen molar-refractivity contribution < 1.29 is 19.2 Å². The molecule has 5 nitrogen and oxygen atoms in total. The van der Waals surface area contributed by atoms with Gasteiger partial charge in [0.2, 0.25) is 0 Å². The molecule has 0 bridgehead atoms. The van der Waals surface area contributed by atoms with Gasteiger partial charge in [0.1, 0.15) is 5.92 Å². The van der Waals surface area contributed by atoms with E-state index in [0.717, 1.165) is 24.3 Å². The first-order chi connectivity index (χ1) is 11.4. The summed E-state index contributed by atoms with van der Waals surface area (Å²) in [4.78, 5) is 25.2. The lowest BCUT2D eigenvalue weighted by Crippen LogP contribution is -3.14. The highest BCUT2D eigenvalue weighted by Gasteiger charge is 2.30. The van der Waals surface area contributed by atoms with Crippen LogP contribution in [0.25, 0.3) is 0 Å². The summed E-state index contributed by atoms with van der Waals surface area (Å²) in [6, 6.07) is 3.02. The van der Waals surface area contributed by atoms with Crippen LogP contribution in [0.2, 0.25) is 15.1 Å². The lowest BCUT2D eigenvalue weighted by Gasteiger charge is -2.28. The predicted octanol–water partition coefficient (Wildman–Crippen LogP) is 2.44. The number of halogens is 3. The lowest BCUT2D eigenvalue weighted by atomic mass is 9.98. The van der Waals surface area contributed by atoms with Crippen molar-refractivity contribution in [2.24, 2.45) is 5.92 Å². The van der Waals surface area contributed by atoms with Gasteiger partial charge in [0.05, 0.1) is 40.5 Å². The van der Waals surface area contributed by atoms with Crippen molar-refractivity contribution in [3.63, 3.8) is 0 Å². The van der Waals surface area contributed by atoms with Gasteiger partial charge in [-0.15, -0.1) is 0 Å². The van der Waals surface area contributed by atoms with Gasteiger partial charge >= 0.3 is 5.97 Å². The molecule has 1 amide bonds. The Labute approximate surface area is 156 Å². The molecule has 132 valence electrons. The van der Waals surface area contributed by atoms with E-state index >= 15 is 0 Å². The zero-order valence-corrected chi connectivity index (χ0v) is 15.6. The molecule has 1 fully saturated rings. The number of hydrogen-bond acceptors (Lipinski definition) is 3. The number of ether oxygens (including phenoxy) is 1. The molecule has 24 heavy (non-hydrogen) atoms. The Morgan fingerprint density at radius 3 is 2.67 bits per heavy atom. The summed E-state index contributed by atoms with van der Waals surface area (Å²) in [6.07, 6.45) is 1.70. The third-order valence-electron chi connectivity index (χ3n) is 3.93. The number of rotatable bonds is 5. The van der Waals surface area contributed by atoms with E-state index in [0.29, 0.717) is 33.9 Å². The summed E-state index contributed by atoms with van der Waals surface area (Å²) >= 11 is 17.9. The van der Waals surface area contributed by atoms with Gasteiger partial charge in [0.15, 0.2) is 6.54 Å². The number of benzene rings is 1. The minimum Gasteiger partial charge on any atom is -0.466 e. The molecule has 0 aliphatic carbocycles. The second-order valence-electron chi connectivity index (χ2n) is 5.77. The van der Waals surface area contributed by atoms with Crippen LogP contribution in [0.15, 0.2) is 12.1 Å². The highest BCUT2D eigenvalue weighted by molar-refractivity contribution is 6.44. The van der Waals surface area contributed by atoms with Crippen LogP contribution in [0.4, 0.5) is 5.69 Å². The zero-order chi connectivity index (χ0) is 17.7. The molecule has 2 rings (SSSR count). The summed E-state index contributed by atoms with van der Waals surface area (Å²) in [5.74, 6) is -0.507. The molecule has 2 N–H and O–H groups in total. The summed E-state index contributed by atoms with van der Waals surface area (Å²) in [5, 5.41) is 3.73. The molecule has 0 radical (unpaired) electrons. The molecule has 1 heterocycles. The van der Waals surface area contributed by atoms with Crippen LogP contribution in [0, 0.1) is 5.92 Å². The standard InChI is InChI=1S/C16H19Cl3N2O3/c1-2-24-16(23)10-4-3-5-21(8-10)9-15(22)20-14-7-12(18)11(17)6-13(14)19/h6-7,10H,2-5,8-9H2,1H3,(H,20,22)/p+1/t10-/m1/s1. The van der Waals surface area contributed by atoms with Crippen LogP contribution >= 0.6 is 34.8 Å². The Balaban J connectivity index is 1.92. The van der Waals surface area contributed by atoms with Crippen LogP contribution in [-0.4, -0.2) is 38.1 Å². The molecule has 0 spiro atoms. The number of amides is 1. The second-order valence-corrected chi connectivity index (χ2v) is 6.99. The third kappa shape index (κ3) is 5.24. The molecular formula is C16H20Cl3N2O3+. The van der Waals surface area contributed by atoms with Gasteiger partial charge in [-0.05, 0) is 31.9 Å². The quantitative estimate of drug-likeness (QED) is 0.596. The topological polar surface area (TPSA) is 59.8 Å². The number of likely N-dealkylation sites (tertiary alicyclic amines) is 1. The smallest absolute Gasteiger partial charge is 0.314 e. The van der Waals surface area contributed by atoms with Crippen LogP contribution in [-0.2, 0) is 14.3 Å². The van der Waals surface area contributed by atoms with E-state index in [1.807, 2.05) is 0 Å². The normalized spacial score (nSPS) is 20.5. The first-order valence-electron chi connectivity index (χ1n) is 7.85. The minimum absolute atomic E-state index is 0.143. The molecule has 1 saturated heterocycles. The number of carbonyl (C=O) groups is 2. The number of anilines is 1. The number of quaternary nitrogens is 1. The lowest BCUT2D eigenvalue weighted by molar-refractivity contribution is -0.899. The van der Waals surface area contributed by atoms with Crippen molar-refractivity contribution >= 4 is 52.4 Å². The van der Waals surface area contributed by atoms with E-state index in [9.17, 15) is 9.59 Å². The van der Waals surface area contributed by atoms with Crippen molar-refractivity contribution in [2.45, 2.75) is 19.8 Å². The van der Waals surface area contributed by atoms with Gasteiger partial charge < -0.3 is 15.0 Å². The largest absolute Gasteiger partial charge is 0.466 e. The van der Waals surface area contributed by atoms with Gasteiger partial charge in [-0.2, -0.15) is 0 Å². The summed E-state index contributed by atoms with van der Waals surface area (Å²) in [5.41, 5.74) is 0.425. The fourth-order valence-electron chi connectivity index (χ4n) is 2.81. The summed E-state index contributed by atoms with van der Waals surface area (Å²) in [6.45, 7) is 3.87. The Kier molecular flexibility index (Phi) is 7.16. The van der Waals surface area contributed by atoms with E-state index in [2.05, 4.69) is 5.32 Å². The highest BCUT2D eigenvalue weighted by atomic mass is 35.5. The third-order valence-corrected chi connectivity index (χ3v) is 4.97. The number of hydrogen-bond donors (Lipinski definition) is 2. The minimum atomic E-state index is -0.185. The molecule has 0 saturated carbocycles. The molecule has 2 atom stereocenters. The SMILES string of the molecule is CCOC(=O)[C@@H]1CCC[NH+](CC(=O)Nc2cc(Cl)c(Cl)cc2Cl)C1. The van der Waals surface area contributed by atoms with Crippen molar-refractivity contribution in [1.29, 1.82) is 0 Å². The maximum absolute atomic E-state index is 12.2. The maximum Gasteiger partial charge on any atom is 0.314 e. The van der Waals surface area contributed by atoms with Gasteiger partial charge in [-0.25, -0.2) is 0 Å². The fourth-order valence-corrected chi connectivity index (χ4v) is 3.41. The van der Waals surface area contributed by atoms with Gasteiger partial charge in [-0.1, -0.05) is 34.8 Å². The molecule has 1 aromatic rings. The molecule has 1 aliphatic rings. The molecule has 1 aliphatic heterocycles. The Hall–Kier alpha value is -1.01. The Morgan fingerprint density at radius 1 is 1.25 bits per heavy atom. The molecule has 0 aromatic heterocycles. The van der Waals surface area contributed by atoms with E-state index in [1.54, 1.807) is 6.92 Å². The predicted molar refractivity (Wildman–Crippen MR) is 95.0 cm³/mol. The number of nitrogens with one attached hydrogen (secondary N) is 2. The number of esters is 1. The molecular weight excluding hydrogens is 375 g/mol. The average Bonchev–Trinajstić information content (AvgIpc) is 2.53. The fraction of sp³-hybridized carbons (Fsp3) is 0.500. The average molecular weight is 395 g/mol. The Bertz CT molecular complexity index is 625. The number of piperidine rings is 1. The van der Waals surface area contributed by atoms with E-state index in [-0.39, 0.29) is 24.3 Å². The van der Waals surface area contributed by atoms with Gasteiger partial charge in [-0.3, -0.25) is 9.59 Å². The maximum atomic E-state index is 12.2. The summed E-state index contributed by atoms with van der Waals surface area (Å²) in [7, 11) is 0. The van der Waals surface area contributed by atoms with Crippen molar-refractivity contribution in [3.8, 4) is 0 Å². The van der Waals surface area contributed by atoms with Crippen molar-refractivity contribution in [2.75, 3.05) is 31.6 Å². The number of carbonyl (C=O) groups excluding carboxylic acids is 2. The van der Waals surface area contributed by atoms with Gasteiger partial charge in [0, 0.05) is 0 Å². The first-order valence-corrected chi connectivity index (χ1v) is 8.98. The first kappa shape index (κ1) is 19.3. The van der Waals surface area contributed by atoms with Crippen molar-refractivity contribution in [1.82, 2.24) is 0 Å². The van der Waals surface area contributed by atoms with Crippen molar-refractivity contribution in [3.05, 3.63) is 27.2 Å². The zero-order valence-electron chi connectivity index (χ0n) is 13.3.